The number of hydrogen-bond acceptors (Lipinski definition) is 9. The zero-order valence-corrected chi connectivity index (χ0v) is 17.4. The maximum Gasteiger partial charge on any atom is 0.331 e. The lowest BCUT2D eigenvalue weighted by Crippen LogP contribution is -2.36. The van der Waals surface area contributed by atoms with Crippen molar-refractivity contribution in [3.05, 3.63) is 39.6 Å². The Balaban J connectivity index is 1.57. The van der Waals surface area contributed by atoms with Crippen LogP contribution >= 0.6 is 23.5 Å². The summed E-state index contributed by atoms with van der Waals surface area (Å²) in [5, 5.41) is 2.78. The normalized spacial score (nSPS) is 23.6. The summed E-state index contributed by atoms with van der Waals surface area (Å²) in [6.45, 7) is 0.530. The standard InChI is InChI=1S/C18H23F2N7S2/c19-18(20)24-9-12(8-21)14-10-23-16(17-22-3-6-28-17)27-11-13(7-15(14)27)25-29-26-4-1-2-5-26/h3,6,8-9,13,18,25H,1-2,4-5,7,10-11,21H2. The molecule has 3 N–H and O–H groups in total. The fourth-order valence-electron chi connectivity index (χ4n) is 3.71. The van der Waals surface area contributed by atoms with E-state index in [4.69, 9.17) is 10.7 Å². The van der Waals surface area contributed by atoms with Gasteiger partial charge in [-0.05, 0) is 12.8 Å². The van der Waals surface area contributed by atoms with Gasteiger partial charge >= 0.3 is 6.55 Å². The van der Waals surface area contributed by atoms with E-state index in [0.29, 0.717) is 12.1 Å². The molecule has 0 aromatic carbocycles. The molecular weight excluding hydrogens is 416 g/mol. The van der Waals surface area contributed by atoms with Crippen LogP contribution in [0, 0.1) is 0 Å². The van der Waals surface area contributed by atoms with Gasteiger partial charge in [-0.25, -0.2) is 19.0 Å². The highest BCUT2D eigenvalue weighted by molar-refractivity contribution is 7.95. The van der Waals surface area contributed by atoms with Crippen molar-refractivity contribution in [2.24, 2.45) is 15.7 Å². The number of aromatic nitrogens is 1. The second kappa shape index (κ2) is 9.33. The average molecular weight is 440 g/mol. The van der Waals surface area contributed by atoms with Crippen LogP contribution in [-0.2, 0) is 0 Å². The van der Waals surface area contributed by atoms with Crippen LogP contribution in [0.5, 0.6) is 0 Å². The van der Waals surface area contributed by atoms with Gasteiger partial charge in [0.05, 0.1) is 6.54 Å². The predicted molar refractivity (Wildman–Crippen MR) is 114 cm³/mol. The van der Waals surface area contributed by atoms with Gasteiger partial charge in [0, 0.05) is 85.1 Å². The third-order valence-corrected chi connectivity index (χ3v) is 6.88. The van der Waals surface area contributed by atoms with Crippen molar-refractivity contribution in [1.82, 2.24) is 18.9 Å². The van der Waals surface area contributed by atoms with Gasteiger partial charge in [0.25, 0.3) is 0 Å². The molecule has 3 aliphatic heterocycles. The molecule has 1 aromatic heterocycles. The van der Waals surface area contributed by atoms with Crippen molar-refractivity contribution >= 4 is 35.5 Å². The molecule has 0 amide bonds. The number of alkyl halides is 2. The molecule has 1 atom stereocenters. The Kier molecular flexibility index (Phi) is 6.58. The van der Waals surface area contributed by atoms with E-state index in [0.717, 1.165) is 54.4 Å². The number of nitrogens with one attached hydrogen (secondary N) is 1. The van der Waals surface area contributed by atoms with Crippen LogP contribution in [0.3, 0.4) is 0 Å². The van der Waals surface area contributed by atoms with E-state index in [1.165, 1.54) is 30.4 Å². The molecule has 1 aromatic rings. The van der Waals surface area contributed by atoms with Crippen LogP contribution in [0.15, 0.2) is 44.6 Å². The van der Waals surface area contributed by atoms with Crippen LogP contribution in [0.2, 0.25) is 0 Å². The lowest BCUT2D eigenvalue weighted by Gasteiger charge is -2.28. The quantitative estimate of drug-likeness (QED) is 0.386. The van der Waals surface area contributed by atoms with Gasteiger partial charge in [0.15, 0.2) is 10.8 Å². The van der Waals surface area contributed by atoms with E-state index in [9.17, 15) is 8.78 Å². The smallest absolute Gasteiger partial charge is 0.331 e. The van der Waals surface area contributed by atoms with E-state index >= 15 is 0 Å². The molecule has 1 unspecified atom stereocenters. The number of fused-ring (bicyclic) bond motifs is 1. The van der Waals surface area contributed by atoms with Crippen molar-refractivity contribution in [1.29, 1.82) is 0 Å². The highest BCUT2D eigenvalue weighted by atomic mass is 32.2. The Morgan fingerprint density at radius 2 is 2.24 bits per heavy atom. The molecule has 11 heteroatoms. The molecule has 0 aliphatic carbocycles. The second-order valence-electron chi connectivity index (χ2n) is 6.94. The summed E-state index contributed by atoms with van der Waals surface area (Å²) < 4.78 is 31.1. The largest absolute Gasteiger partial charge is 0.404 e. The molecule has 0 spiro atoms. The number of aliphatic imine (C=N–C) groups is 2. The van der Waals surface area contributed by atoms with E-state index in [1.807, 2.05) is 5.38 Å². The summed E-state index contributed by atoms with van der Waals surface area (Å²) in [7, 11) is 0. The molecule has 4 heterocycles. The first-order valence-corrected chi connectivity index (χ1v) is 11.2. The number of rotatable bonds is 7. The van der Waals surface area contributed by atoms with Gasteiger partial charge in [-0.3, -0.25) is 4.99 Å². The highest BCUT2D eigenvalue weighted by Gasteiger charge is 2.36. The first-order valence-electron chi connectivity index (χ1n) is 9.50. The lowest BCUT2D eigenvalue weighted by atomic mass is 10.0. The maximum atomic E-state index is 12.6. The third-order valence-electron chi connectivity index (χ3n) is 5.05. The zero-order valence-electron chi connectivity index (χ0n) is 15.8. The predicted octanol–water partition coefficient (Wildman–Crippen LogP) is 2.62. The number of nitrogens with zero attached hydrogens (tertiary/aromatic N) is 5. The monoisotopic (exact) mass is 439 g/mol. The highest BCUT2D eigenvalue weighted by Crippen LogP contribution is 2.34. The topological polar surface area (TPSA) is 82.1 Å². The Morgan fingerprint density at radius 3 is 2.93 bits per heavy atom. The van der Waals surface area contributed by atoms with Crippen LogP contribution in [0.25, 0.3) is 0 Å². The van der Waals surface area contributed by atoms with E-state index in [-0.39, 0.29) is 6.04 Å². The molecule has 0 radical (unpaired) electrons. The average Bonchev–Trinajstić information content (AvgIpc) is 3.47. The molecule has 7 nitrogen and oxygen atoms in total. The van der Waals surface area contributed by atoms with Crippen LogP contribution in [-0.4, -0.2) is 65.0 Å². The summed E-state index contributed by atoms with van der Waals surface area (Å²) in [5.41, 5.74) is 8.11. The van der Waals surface area contributed by atoms with Crippen molar-refractivity contribution in [3.63, 3.8) is 0 Å². The van der Waals surface area contributed by atoms with E-state index in [1.54, 1.807) is 18.3 Å². The Labute approximate surface area is 176 Å². The Morgan fingerprint density at radius 1 is 1.41 bits per heavy atom. The fraction of sp³-hybridized carbons (Fsp3) is 0.500. The van der Waals surface area contributed by atoms with E-state index in [2.05, 4.69) is 23.9 Å². The molecule has 3 aliphatic rings. The van der Waals surface area contributed by atoms with Crippen LogP contribution in [0.4, 0.5) is 8.78 Å². The number of nitrogens with two attached hydrogens (primary N) is 1. The minimum atomic E-state index is -2.76. The molecule has 156 valence electrons. The number of thiazole rings is 1. The van der Waals surface area contributed by atoms with E-state index < -0.39 is 6.55 Å². The Bertz CT molecular complexity index is 829. The fourth-order valence-corrected chi connectivity index (χ4v) is 5.26. The third kappa shape index (κ3) is 4.68. The molecule has 0 saturated carbocycles. The lowest BCUT2D eigenvalue weighted by molar-refractivity contribution is 0.160. The van der Waals surface area contributed by atoms with Gasteiger partial charge in [-0.1, -0.05) is 0 Å². The summed E-state index contributed by atoms with van der Waals surface area (Å²) in [5.74, 6) is 0.830. The van der Waals surface area contributed by atoms with Crippen molar-refractivity contribution in [3.8, 4) is 0 Å². The van der Waals surface area contributed by atoms with Crippen molar-refractivity contribution < 1.29 is 8.78 Å². The zero-order chi connectivity index (χ0) is 20.2. The van der Waals surface area contributed by atoms with Crippen LogP contribution < -0.4 is 10.5 Å². The minimum absolute atomic E-state index is 0.208. The van der Waals surface area contributed by atoms with Crippen molar-refractivity contribution in [2.45, 2.75) is 31.9 Å². The second-order valence-corrected chi connectivity index (χ2v) is 8.77. The SMILES string of the molecule is NC=C(C=NC(F)F)C1=C2CC(NSN3CCCC3)CN2C(c2nccs2)=NC1. The van der Waals surface area contributed by atoms with Gasteiger partial charge < -0.3 is 10.6 Å². The summed E-state index contributed by atoms with van der Waals surface area (Å²) >= 11 is 3.21. The molecule has 29 heavy (non-hydrogen) atoms. The van der Waals surface area contributed by atoms with Gasteiger partial charge in [0.1, 0.15) is 0 Å². The van der Waals surface area contributed by atoms with Gasteiger partial charge in [-0.15, -0.1) is 11.3 Å². The van der Waals surface area contributed by atoms with Gasteiger partial charge in [-0.2, -0.15) is 8.78 Å². The minimum Gasteiger partial charge on any atom is -0.404 e. The summed E-state index contributed by atoms with van der Waals surface area (Å²) in [6, 6.07) is 0.208. The molecule has 0 bridgehead atoms. The number of hydrogen-bond donors (Lipinski definition) is 2. The first kappa shape index (κ1) is 20.5. The van der Waals surface area contributed by atoms with Crippen molar-refractivity contribution in [2.75, 3.05) is 26.2 Å². The van der Waals surface area contributed by atoms with Gasteiger partial charge in [0.2, 0.25) is 0 Å². The molecular formula is C18H23F2N7S2. The molecule has 2 saturated heterocycles. The number of amidine groups is 1. The Hall–Kier alpha value is -1.82. The maximum absolute atomic E-state index is 12.6. The molecule has 4 rings (SSSR count). The first-order chi connectivity index (χ1) is 14.2. The van der Waals surface area contributed by atoms with Crippen LogP contribution in [0.1, 0.15) is 24.3 Å². The molecule has 2 fully saturated rings. The number of halogens is 2. The summed E-state index contributed by atoms with van der Waals surface area (Å²) in [6.07, 6.45) is 7.47. The summed E-state index contributed by atoms with van der Waals surface area (Å²) in [4.78, 5) is 14.5.